The van der Waals surface area contributed by atoms with E-state index in [1.807, 2.05) is 0 Å². The SMILES string of the molecule is C=C(CC(C)C)C1CCC(CCN(C)C(C)(C)C)N1. The van der Waals surface area contributed by atoms with E-state index in [2.05, 4.69) is 58.5 Å². The molecule has 0 bridgehead atoms. The van der Waals surface area contributed by atoms with Crippen molar-refractivity contribution < 1.29 is 0 Å². The Labute approximate surface area is 120 Å². The van der Waals surface area contributed by atoms with Crippen molar-refractivity contribution in [1.29, 1.82) is 0 Å². The molecule has 1 rings (SSSR count). The number of nitrogens with one attached hydrogen (secondary N) is 1. The predicted octanol–water partition coefficient (Wildman–Crippen LogP) is 3.83. The molecule has 1 N–H and O–H groups in total. The third-order valence-electron chi connectivity index (χ3n) is 4.36. The van der Waals surface area contributed by atoms with E-state index < -0.39 is 0 Å². The Balaban J connectivity index is 2.31. The first-order valence-corrected chi connectivity index (χ1v) is 7.85. The number of nitrogens with zero attached hydrogens (tertiary/aromatic N) is 1. The van der Waals surface area contributed by atoms with Crippen LogP contribution in [0.1, 0.15) is 60.3 Å². The van der Waals surface area contributed by atoms with Crippen molar-refractivity contribution in [2.24, 2.45) is 5.92 Å². The molecule has 1 heterocycles. The van der Waals surface area contributed by atoms with Gasteiger partial charge in [-0.2, -0.15) is 0 Å². The first-order chi connectivity index (χ1) is 8.70. The molecular formula is C17H34N2. The van der Waals surface area contributed by atoms with Gasteiger partial charge in [0.25, 0.3) is 0 Å². The summed E-state index contributed by atoms with van der Waals surface area (Å²) < 4.78 is 0. The van der Waals surface area contributed by atoms with Crippen LogP contribution in [-0.4, -0.2) is 36.1 Å². The van der Waals surface area contributed by atoms with Crippen molar-refractivity contribution in [3.05, 3.63) is 12.2 Å². The lowest BCUT2D eigenvalue weighted by atomic mass is 9.97. The molecular weight excluding hydrogens is 232 g/mol. The molecule has 0 radical (unpaired) electrons. The summed E-state index contributed by atoms with van der Waals surface area (Å²) in [6, 6.07) is 1.24. The third-order valence-corrected chi connectivity index (χ3v) is 4.36. The van der Waals surface area contributed by atoms with E-state index in [-0.39, 0.29) is 5.54 Å². The Morgan fingerprint density at radius 3 is 2.47 bits per heavy atom. The summed E-state index contributed by atoms with van der Waals surface area (Å²) in [6.45, 7) is 16.8. The largest absolute Gasteiger partial charge is 0.307 e. The van der Waals surface area contributed by atoms with E-state index in [0.29, 0.717) is 12.1 Å². The van der Waals surface area contributed by atoms with Gasteiger partial charge in [-0.05, 0) is 66.0 Å². The quantitative estimate of drug-likeness (QED) is 0.735. The highest BCUT2D eigenvalue weighted by atomic mass is 15.2. The van der Waals surface area contributed by atoms with E-state index in [1.165, 1.54) is 31.4 Å². The summed E-state index contributed by atoms with van der Waals surface area (Å²) >= 11 is 0. The maximum absolute atomic E-state index is 4.27. The molecule has 0 spiro atoms. The summed E-state index contributed by atoms with van der Waals surface area (Å²) in [5, 5.41) is 3.78. The smallest absolute Gasteiger partial charge is 0.0280 e. The van der Waals surface area contributed by atoms with Gasteiger partial charge in [-0.15, -0.1) is 0 Å². The Kier molecular flexibility index (Phi) is 6.07. The molecule has 1 aliphatic heterocycles. The zero-order valence-corrected chi connectivity index (χ0v) is 13.9. The van der Waals surface area contributed by atoms with Gasteiger partial charge in [0, 0.05) is 17.6 Å². The summed E-state index contributed by atoms with van der Waals surface area (Å²) in [5.74, 6) is 0.723. The lowest BCUT2D eigenvalue weighted by Gasteiger charge is -2.32. The number of rotatable bonds is 6. The molecule has 0 saturated carbocycles. The second kappa shape index (κ2) is 6.90. The summed E-state index contributed by atoms with van der Waals surface area (Å²) in [5.41, 5.74) is 1.68. The topological polar surface area (TPSA) is 15.3 Å². The Hall–Kier alpha value is -0.340. The lowest BCUT2D eigenvalue weighted by molar-refractivity contribution is 0.168. The second-order valence-corrected chi connectivity index (χ2v) is 7.63. The van der Waals surface area contributed by atoms with Gasteiger partial charge < -0.3 is 10.2 Å². The molecule has 0 aromatic heterocycles. The first kappa shape index (κ1) is 16.7. The van der Waals surface area contributed by atoms with Crippen LogP contribution in [0, 0.1) is 5.92 Å². The van der Waals surface area contributed by atoms with Gasteiger partial charge in [0.2, 0.25) is 0 Å². The molecule has 2 unspecified atom stereocenters. The molecule has 0 aromatic rings. The van der Waals surface area contributed by atoms with Crippen LogP contribution in [0.2, 0.25) is 0 Å². The molecule has 0 aliphatic carbocycles. The van der Waals surface area contributed by atoms with Crippen molar-refractivity contribution in [2.45, 2.75) is 77.9 Å². The molecule has 2 atom stereocenters. The standard InChI is InChI=1S/C17H34N2/c1-13(2)12-14(3)16-9-8-15(18-16)10-11-19(7)17(4,5)6/h13,15-16,18H,3,8-12H2,1-2,4-7H3. The predicted molar refractivity (Wildman–Crippen MR) is 85.5 cm³/mol. The molecule has 1 fully saturated rings. The fourth-order valence-electron chi connectivity index (χ4n) is 2.72. The van der Waals surface area contributed by atoms with E-state index in [1.54, 1.807) is 0 Å². The van der Waals surface area contributed by atoms with E-state index in [4.69, 9.17) is 0 Å². The molecule has 19 heavy (non-hydrogen) atoms. The van der Waals surface area contributed by atoms with Gasteiger partial charge in [0.05, 0.1) is 0 Å². The van der Waals surface area contributed by atoms with E-state index >= 15 is 0 Å². The molecule has 0 aromatic carbocycles. The van der Waals surface area contributed by atoms with Crippen LogP contribution in [0.3, 0.4) is 0 Å². The van der Waals surface area contributed by atoms with Crippen LogP contribution >= 0.6 is 0 Å². The highest BCUT2D eigenvalue weighted by Gasteiger charge is 2.26. The normalized spacial score (nSPS) is 24.4. The second-order valence-electron chi connectivity index (χ2n) is 7.63. The highest BCUT2D eigenvalue weighted by molar-refractivity contribution is 5.09. The minimum absolute atomic E-state index is 0.277. The fourth-order valence-corrected chi connectivity index (χ4v) is 2.72. The molecule has 1 saturated heterocycles. The maximum Gasteiger partial charge on any atom is 0.0280 e. The first-order valence-electron chi connectivity index (χ1n) is 7.85. The number of hydrogen-bond donors (Lipinski definition) is 1. The zero-order chi connectivity index (χ0) is 14.6. The van der Waals surface area contributed by atoms with Crippen molar-refractivity contribution in [1.82, 2.24) is 10.2 Å². The molecule has 112 valence electrons. The van der Waals surface area contributed by atoms with Crippen LogP contribution < -0.4 is 5.32 Å². The molecule has 0 amide bonds. The molecule has 2 heteroatoms. The van der Waals surface area contributed by atoms with E-state index in [9.17, 15) is 0 Å². The van der Waals surface area contributed by atoms with Gasteiger partial charge >= 0.3 is 0 Å². The van der Waals surface area contributed by atoms with Crippen molar-refractivity contribution >= 4 is 0 Å². The molecule has 2 nitrogen and oxygen atoms in total. The van der Waals surface area contributed by atoms with Gasteiger partial charge in [-0.25, -0.2) is 0 Å². The highest BCUT2D eigenvalue weighted by Crippen LogP contribution is 2.24. The van der Waals surface area contributed by atoms with Crippen molar-refractivity contribution in [3.63, 3.8) is 0 Å². The van der Waals surface area contributed by atoms with Gasteiger partial charge in [0.15, 0.2) is 0 Å². The lowest BCUT2D eigenvalue weighted by Crippen LogP contribution is -2.41. The van der Waals surface area contributed by atoms with Crippen molar-refractivity contribution in [2.75, 3.05) is 13.6 Å². The zero-order valence-electron chi connectivity index (χ0n) is 13.9. The Morgan fingerprint density at radius 2 is 1.95 bits per heavy atom. The Morgan fingerprint density at radius 1 is 1.32 bits per heavy atom. The average molecular weight is 266 g/mol. The van der Waals surface area contributed by atoms with Crippen LogP contribution in [-0.2, 0) is 0 Å². The maximum atomic E-state index is 4.27. The minimum atomic E-state index is 0.277. The fraction of sp³-hybridized carbons (Fsp3) is 0.882. The van der Waals surface area contributed by atoms with Crippen LogP contribution in [0.4, 0.5) is 0 Å². The van der Waals surface area contributed by atoms with Crippen LogP contribution in [0.15, 0.2) is 12.2 Å². The number of hydrogen-bond acceptors (Lipinski definition) is 2. The summed E-state index contributed by atoms with van der Waals surface area (Å²) in [6.07, 6.45) is 4.99. The summed E-state index contributed by atoms with van der Waals surface area (Å²) in [4.78, 5) is 2.45. The summed E-state index contributed by atoms with van der Waals surface area (Å²) in [7, 11) is 2.23. The van der Waals surface area contributed by atoms with Gasteiger partial charge in [0.1, 0.15) is 0 Å². The minimum Gasteiger partial charge on any atom is -0.307 e. The monoisotopic (exact) mass is 266 g/mol. The van der Waals surface area contributed by atoms with Crippen LogP contribution in [0.25, 0.3) is 0 Å². The van der Waals surface area contributed by atoms with Crippen LogP contribution in [0.5, 0.6) is 0 Å². The molecule has 1 aliphatic rings. The average Bonchev–Trinajstić information content (AvgIpc) is 2.72. The van der Waals surface area contributed by atoms with Gasteiger partial charge in [-0.3, -0.25) is 0 Å². The Bertz CT molecular complexity index is 288. The van der Waals surface area contributed by atoms with Crippen molar-refractivity contribution in [3.8, 4) is 0 Å². The van der Waals surface area contributed by atoms with E-state index in [0.717, 1.165) is 12.3 Å². The third kappa shape index (κ3) is 5.66. The van der Waals surface area contributed by atoms with Gasteiger partial charge in [-0.1, -0.05) is 26.0 Å².